The summed E-state index contributed by atoms with van der Waals surface area (Å²) in [7, 11) is 0. The number of carbonyl (C=O) groups is 2. The van der Waals surface area contributed by atoms with Crippen molar-refractivity contribution in [2.24, 2.45) is 0 Å². The first-order valence-corrected chi connectivity index (χ1v) is 9.62. The summed E-state index contributed by atoms with van der Waals surface area (Å²) >= 11 is 5.81. The van der Waals surface area contributed by atoms with Crippen LogP contribution >= 0.6 is 11.6 Å². The Balaban J connectivity index is 2.30. The minimum Gasteiger partial charge on any atom is -0.478 e. The fraction of sp³-hybridized carbons (Fsp3) is 0.333. The molecule has 0 saturated carbocycles. The molecule has 0 atom stereocenters. The topological polar surface area (TPSA) is 69.6 Å². The van der Waals surface area contributed by atoms with E-state index in [-0.39, 0.29) is 17.2 Å². The third-order valence-electron chi connectivity index (χ3n) is 4.18. The maximum atomic E-state index is 12.5. The van der Waals surface area contributed by atoms with Crippen molar-refractivity contribution in [1.82, 2.24) is 0 Å². The molecule has 2 N–H and O–H groups in total. The predicted octanol–water partition coefficient (Wildman–Crippen LogP) is 5.00. The fourth-order valence-electron chi connectivity index (χ4n) is 2.91. The number of benzene rings is 2. The monoisotopic (exact) mass is 388 g/mol. The van der Waals surface area contributed by atoms with Crippen molar-refractivity contribution >= 4 is 34.9 Å². The highest BCUT2D eigenvalue weighted by Gasteiger charge is 2.16. The maximum absolute atomic E-state index is 12.5. The zero-order valence-electron chi connectivity index (χ0n) is 15.7. The second-order valence-electron chi connectivity index (χ2n) is 6.31. The number of nitrogens with one attached hydrogen (secondary N) is 1. The Kier molecular flexibility index (Phi) is 7.67. The summed E-state index contributed by atoms with van der Waals surface area (Å²) < 4.78 is 0. The molecule has 2 rings (SSSR count). The summed E-state index contributed by atoms with van der Waals surface area (Å²) in [5.41, 5.74) is 2.46. The standard InChI is InChI=1S/C21H25ClN2O3/c1-3-10-24(11-4-2)17-8-9-19(18(13-17)21(26)27)23-20(25)16-7-5-6-15(12-16)14-22/h5-9,12-13H,3-4,10-11,14H2,1-2H3,(H,23,25)(H,26,27). The van der Waals surface area contributed by atoms with Gasteiger partial charge in [0.05, 0.1) is 11.3 Å². The van der Waals surface area contributed by atoms with Crippen molar-refractivity contribution < 1.29 is 14.7 Å². The highest BCUT2D eigenvalue weighted by Crippen LogP contribution is 2.25. The molecule has 2 aromatic rings. The second kappa shape index (κ2) is 9.97. The van der Waals surface area contributed by atoms with E-state index in [0.717, 1.165) is 37.2 Å². The molecule has 0 saturated heterocycles. The van der Waals surface area contributed by atoms with Gasteiger partial charge in [-0.15, -0.1) is 11.6 Å². The number of halogens is 1. The Bertz CT molecular complexity index is 802. The summed E-state index contributed by atoms with van der Waals surface area (Å²) in [6, 6.07) is 12.1. The molecule has 0 aliphatic carbocycles. The van der Waals surface area contributed by atoms with Crippen LogP contribution in [0.1, 0.15) is 53.0 Å². The first-order chi connectivity index (χ1) is 13.0. The summed E-state index contributed by atoms with van der Waals surface area (Å²) in [5, 5.41) is 12.3. The van der Waals surface area contributed by atoms with E-state index >= 15 is 0 Å². The van der Waals surface area contributed by atoms with Gasteiger partial charge in [-0.1, -0.05) is 26.0 Å². The van der Waals surface area contributed by atoms with Gasteiger partial charge < -0.3 is 15.3 Å². The van der Waals surface area contributed by atoms with Gasteiger partial charge in [0, 0.05) is 30.2 Å². The lowest BCUT2D eigenvalue weighted by atomic mass is 10.1. The molecule has 0 spiro atoms. The summed E-state index contributed by atoms with van der Waals surface area (Å²) in [6.45, 7) is 5.88. The van der Waals surface area contributed by atoms with Crippen molar-refractivity contribution in [2.75, 3.05) is 23.3 Å². The molecule has 0 fully saturated rings. The van der Waals surface area contributed by atoms with Gasteiger partial charge >= 0.3 is 5.97 Å². The fourth-order valence-corrected chi connectivity index (χ4v) is 3.08. The Labute approximate surface area is 165 Å². The van der Waals surface area contributed by atoms with Crippen molar-refractivity contribution in [2.45, 2.75) is 32.6 Å². The van der Waals surface area contributed by atoms with Crippen LogP contribution in [0.15, 0.2) is 42.5 Å². The van der Waals surface area contributed by atoms with Crippen LogP contribution in [0.5, 0.6) is 0 Å². The number of hydrogen-bond acceptors (Lipinski definition) is 3. The molecule has 5 nitrogen and oxygen atoms in total. The predicted molar refractivity (Wildman–Crippen MR) is 110 cm³/mol. The van der Waals surface area contributed by atoms with Gasteiger partial charge in [-0.2, -0.15) is 0 Å². The number of nitrogens with zero attached hydrogens (tertiary/aromatic N) is 1. The molecule has 144 valence electrons. The third kappa shape index (κ3) is 5.47. The highest BCUT2D eigenvalue weighted by atomic mass is 35.5. The number of anilines is 2. The number of alkyl halides is 1. The maximum Gasteiger partial charge on any atom is 0.337 e. The normalized spacial score (nSPS) is 10.5. The van der Waals surface area contributed by atoms with E-state index in [9.17, 15) is 14.7 Å². The second-order valence-corrected chi connectivity index (χ2v) is 6.58. The van der Waals surface area contributed by atoms with Crippen LogP contribution in [0, 0.1) is 0 Å². The lowest BCUT2D eigenvalue weighted by Gasteiger charge is -2.24. The minimum atomic E-state index is -1.07. The first-order valence-electron chi connectivity index (χ1n) is 9.08. The largest absolute Gasteiger partial charge is 0.478 e. The van der Waals surface area contributed by atoms with Crippen LogP contribution in [0.4, 0.5) is 11.4 Å². The lowest BCUT2D eigenvalue weighted by Crippen LogP contribution is -2.25. The van der Waals surface area contributed by atoms with E-state index in [1.54, 1.807) is 30.3 Å². The number of rotatable bonds is 9. The Morgan fingerprint density at radius 1 is 1.07 bits per heavy atom. The molecule has 0 unspecified atom stereocenters. The first kappa shape index (κ1) is 20.8. The number of carboxylic acid groups (broad SMARTS) is 1. The average Bonchev–Trinajstić information content (AvgIpc) is 2.68. The molecule has 0 radical (unpaired) electrons. The van der Waals surface area contributed by atoms with Crippen LogP contribution in [-0.4, -0.2) is 30.1 Å². The smallest absolute Gasteiger partial charge is 0.337 e. The number of carbonyl (C=O) groups excluding carboxylic acids is 1. The van der Waals surface area contributed by atoms with Crippen LogP contribution < -0.4 is 10.2 Å². The summed E-state index contributed by atoms with van der Waals surface area (Å²) in [5.74, 6) is -1.13. The number of aromatic carboxylic acids is 1. The van der Waals surface area contributed by atoms with E-state index in [1.165, 1.54) is 0 Å². The highest BCUT2D eigenvalue weighted by molar-refractivity contribution is 6.17. The zero-order chi connectivity index (χ0) is 19.8. The van der Waals surface area contributed by atoms with Crippen molar-refractivity contribution in [1.29, 1.82) is 0 Å². The average molecular weight is 389 g/mol. The van der Waals surface area contributed by atoms with Crippen LogP contribution in [-0.2, 0) is 5.88 Å². The van der Waals surface area contributed by atoms with Crippen LogP contribution in [0.25, 0.3) is 0 Å². The number of hydrogen-bond donors (Lipinski definition) is 2. The molecule has 1 amide bonds. The van der Waals surface area contributed by atoms with E-state index < -0.39 is 5.97 Å². The van der Waals surface area contributed by atoms with E-state index in [4.69, 9.17) is 11.6 Å². The summed E-state index contributed by atoms with van der Waals surface area (Å²) in [4.78, 5) is 26.4. The Morgan fingerprint density at radius 3 is 2.37 bits per heavy atom. The molecule has 0 bridgehead atoms. The van der Waals surface area contributed by atoms with Gasteiger partial charge in [0.1, 0.15) is 0 Å². The van der Waals surface area contributed by atoms with Gasteiger partial charge in [0.25, 0.3) is 5.91 Å². The minimum absolute atomic E-state index is 0.0755. The molecule has 2 aromatic carbocycles. The zero-order valence-corrected chi connectivity index (χ0v) is 16.4. The van der Waals surface area contributed by atoms with Crippen LogP contribution in [0.3, 0.4) is 0 Å². The van der Waals surface area contributed by atoms with Gasteiger partial charge in [-0.05, 0) is 48.7 Å². The third-order valence-corrected chi connectivity index (χ3v) is 4.49. The molecule has 6 heteroatoms. The van der Waals surface area contributed by atoms with Gasteiger partial charge in [0.2, 0.25) is 0 Å². The lowest BCUT2D eigenvalue weighted by molar-refractivity contribution is 0.0698. The van der Waals surface area contributed by atoms with Crippen molar-refractivity contribution in [3.8, 4) is 0 Å². The SMILES string of the molecule is CCCN(CCC)c1ccc(NC(=O)c2cccc(CCl)c2)c(C(=O)O)c1. The molecule has 0 aromatic heterocycles. The van der Waals surface area contributed by atoms with Gasteiger partial charge in [0.15, 0.2) is 0 Å². The Hall–Kier alpha value is -2.53. The quantitative estimate of drug-likeness (QED) is 0.593. The van der Waals surface area contributed by atoms with E-state index in [1.807, 2.05) is 12.1 Å². The molecule has 0 heterocycles. The van der Waals surface area contributed by atoms with E-state index in [2.05, 4.69) is 24.1 Å². The molecular formula is C21H25ClN2O3. The summed E-state index contributed by atoms with van der Waals surface area (Å²) in [6.07, 6.45) is 1.94. The molecule has 0 aliphatic heterocycles. The molecule has 0 aliphatic rings. The van der Waals surface area contributed by atoms with Crippen LogP contribution in [0.2, 0.25) is 0 Å². The number of carboxylic acids is 1. The van der Waals surface area contributed by atoms with Gasteiger partial charge in [-0.3, -0.25) is 4.79 Å². The van der Waals surface area contributed by atoms with Crippen molar-refractivity contribution in [3.63, 3.8) is 0 Å². The van der Waals surface area contributed by atoms with Crippen molar-refractivity contribution in [3.05, 3.63) is 59.2 Å². The molecule has 27 heavy (non-hydrogen) atoms. The molecular weight excluding hydrogens is 364 g/mol. The Morgan fingerprint density at radius 2 is 1.78 bits per heavy atom. The van der Waals surface area contributed by atoms with Gasteiger partial charge in [-0.25, -0.2) is 4.79 Å². The van der Waals surface area contributed by atoms with E-state index in [0.29, 0.717) is 11.4 Å². The number of amides is 1.